The zero-order chi connectivity index (χ0) is 15.4. The number of anilines is 1. The van der Waals surface area contributed by atoms with Gasteiger partial charge in [0.25, 0.3) is 0 Å². The number of hydrogen-bond acceptors (Lipinski definition) is 5. The minimum atomic E-state index is 0.268. The summed E-state index contributed by atoms with van der Waals surface area (Å²) >= 11 is 0. The zero-order valence-corrected chi connectivity index (χ0v) is 12.6. The quantitative estimate of drug-likeness (QED) is 0.739. The van der Waals surface area contributed by atoms with Crippen molar-refractivity contribution in [1.82, 2.24) is 10.9 Å². The largest absolute Gasteiger partial charge is 0.497 e. The van der Waals surface area contributed by atoms with Gasteiger partial charge in [-0.1, -0.05) is 12.1 Å². The third-order valence-corrected chi connectivity index (χ3v) is 3.83. The number of hydrogen-bond donors (Lipinski definition) is 3. The molecule has 0 aromatic heterocycles. The molecule has 22 heavy (non-hydrogen) atoms. The van der Waals surface area contributed by atoms with Crippen LogP contribution in [0.1, 0.15) is 18.0 Å². The van der Waals surface area contributed by atoms with Gasteiger partial charge < -0.3 is 15.2 Å². The number of nitrogens with two attached hydrogens (primary N) is 1. The van der Waals surface area contributed by atoms with Gasteiger partial charge in [0, 0.05) is 11.7 Å². The van der Waals surface area contributed by atoms with Crippen LogP contribution in [0.15, 0.2) is 48.5 Å². The number of hydrazine groups is 1. The van der Waals surface area contributed by atoms with E-state index in [4.69, 9.17) is 15.2 Å². The van der Waals surface area contributed by atoms with E-state index in [9.17, 15) is 0 Å². The predicted octanol–water partition coefficient (Wildman–Crippen LogP) is 2.26. The average molecular weight is 299 g/mol. The molecule has 4 N–H and O–H groups in total. The monoisotopic (exact) mass is 299 g/mol. The first-order valence-corrected chi connectivity index (χ1v) is 7.38. The van der Waals surface area contributed by atoms with Gasteiger partial charge >= 0.3 is 0 Å². The van der Waals surface area contributed by atoms with Crippen molar-refractivity contribution in [2.75, 3.05) is 19.5 Å². The lowest BCUT2D eigenvalue weighted by Gasteiger charge is -2.12. The first kappa shape index (κ1) is 14.7. The Kier molecular flexibility index (Phi) is 4.46. The molecule has 1 aliphatic heterocycles. The molecule has 1 fully saturated rings. The molecule has 2 unspecified atom stereocenters. The minimum absolute atomic E-state index is 0.268. The van der Waals surface area contributed by atoms with E-state index >= 15 is 0 Å². The lowest BCUT2D eigenvalue weighted by atomic mass is 10.0. The lowest BCUT2D eigenvalue weighted by molar-refractivity contribution is 0.272. The summed E-state index contributed by atoms with van der Waals surface area (Å²) in [6.07, 6.45) is 0.972. The van der Waals surface area contributed by atoms with Gasteiger partial charge in [-0.2, -0.15) is 0 Å². The van der Waals surface area contributed by atoms with Crippen LogP contribution in [0.3, 0.4) is 0 Å². The van der Waals surface area contributed by atoms with E-state index in [1.54, 1.807) is 7.11 Å². The third-order valence-electron chi connectivity index (χ3n) is 3.83. The maximum atomic E-state index is 5.81. The summed E-state index contributed by atoms with van der Waals surface area (Å²) in [4.78, 5) is 0. The zero-order valence-electron chi connectivity index (χ0n) is 12.6. The van der Waals surface area contributed by atoms with Crippen molar-refractivity contribution < 1.29 is 9.47 Å². The Bertz CT molecular complexity index is 598. The Balaban J connectivity index is 1.51. The highest BCUT2D eigenvalue weighted by Crippen LogP contribution is 2.24. The molecule has 116 valence electrons. The minimum Gasteiger partial charge on any atom is -0.497 e. The van der Waals surface area contributed by atoms with Crippen LogP contribution in [-0.2, 0) is 0 Å². The van der Waals surface area contributed by atoms with Crippen molar-refractivity contribution in [3.8, 4) is 11.5 Å². The number of ether oxygens (including phenoxy) is 2. The van der Waals surface area contributed by atoms with Crippen LogP contribution in [0.5, 0.6) is 11.5 Å². The SMILES string of the molecule is COc1ccc(OCC2CC(c3ccc(N)cc3)NN2)cc1. The van der Waals surface area contributed by atoms with Gasteiger partial charge in [-0.25, -0.2) is 5.43 Å². The molecule has 0 radical (unpaired) electrons. The highest BCUT2D eigenvalue weighted by atomic mass is 16.5. The van der Waals surface area contributed by atoms with Gasteiger partial charge in [-0.3, -0.25) is 5.43 Å². The maximum Gasteiger partial charge on any atom is 0.119 e. The molecule has 0 aliphatic carbocycles. The fourth-order valence-corrected chi connectivity index (χ4v) is 2.55. The van der Waals surface area contributed by atoms with Crippen LogP contribution >= 0.6 is 0 Å². The number of nitrogen functional groups attached to an aromatic ring is 1. The molecule has 0 amide bonds. The molecule has 2 aromatic rings. The topological polar surface area (TPSA) is 68.5 Å². The van der Waals surface area contributed by atoms with Crippen molar-refractivity contribution in [1.29, 1.82) is 0 Å². The molecule has 3 rings (SSSR count). The predicted molar refractivity (Wildman–Crippen MR) is 86.8 cm³/mol. The Morgan fingerprint density at radius 1 is 1.00 bits per heavy atom. The molecule has 0 bridgehead atoms. The molecule has 5 nitrogen and oxygen atoms in total. The highest BCUT2D eigenvalue weighted by molar-refractivity contribution is 5.40. The summed E-state index contributed by atoms with van der Waals surface area (Å²) in [5.74, 6) is 1.68. The van der Waals surface area contributed by atoms with Crippen LogP contribution in [0.2, 0.25) is 0 Å². The number of rotatable bonds is 5. The van der Waals surface area contributed by atoms with E-state index in [0.29, 0.717) is 6.61 Å². The Hall–Kier alpha value is -2.24. The van der Waals surface area contributed by atoms with Crippen molar-refractivity contribution in [2.45, 2.75) is 18.5 Å². The number of benzene rings is 2. The standard InChI is InChI=1S/C17H21N3O2/c1-21-15-6-8-16(9-7-15)22-11-14-10-17(20-19-14)12-2-4-13(18)5-3-12/h2-9,14,17,19-20H,10-11,18H2,1H3. The molecular formula is C17H21N3O2. The van der Waals surface area contributed by atoms with Gasteiger partial charge in [-0.15, -0.1) is 0 Å². The van der Waals surface area contributed by atoms with Crippen LogP contribution in [0.25, 0.3) is 0 Å². The second-order valence-corrected chi connectivity index (χ2v) is 5.43. The fraction of sp³-hybridized carbons (Fsp3) is 0.294. The average Bonchev–Trinajstić information content (AvgIpc) is 3.03. The summed E-state index contributed by atoms with van der Waals surface area (Å²) in [5, 5.41) is 0. The van der Waals surface area contributed by atoms with Crippen LogP contribution in [-0.4, -0.2) is 19.8 Å². The molecule has 5 heteroatoms. The van der Waals surface area contributed by atoms with Crippen molar-refractivity contribution >= 4 is 5.69 Å². The van der Waals surface area contributed by atoms with Crippen molar-refractivity contribution in [3.63, 3.8) is 0 Å². The summed E-state index contributed by atoms with van der Waals surface area (Å²) in [5.41, 5.74) is 14.3. The van der Waals surface area contributed by atoms with Crippen molar-refractivity contribution in [2.24, 2.45) is 0 Å². The molecule has 1 aliphatic rings. The van der Waals surface area contributed by atoms with E-state index in [0.717, 1.165) is 23.6 Å². The van der Waals surface area contributed by atoms with E-state index in [2.05, 4.69) is 23.0 Å². The first-order valence-electron chi connectivity index (χ1n) is 7.38. The van der Waals surface area contributed by atoms with E-state index in [-0.39, 0.29) is 12.1 Å². The Morgan fingerprint density at radius 2 is 1.68 bits per heavy atom. The van der Waals surface area contributed by atoms with Crippen LogP contribution in [0, 0.1) is 0 Å². The molecular weight excluding hydrogens is 278 g/mol. The molecule has 0 saturated carbocycles. The normalized spacial score (nSPS) is 20.8. The van der Waals surface area contributed by atoms with E-state index in [1.165, 1.54) is 5.56 Å². The Labute approximate surface area is 130 Å². The number of nitrogens with one attached hydrogen (secondary N) is 2. The van der Waals surface area contributed by atoms with Gasteiger partial charge in [0.05, 0.1) is 13.2 Å². The van der Waals surface area contributed by atoms with Crippen LogP contribution < -0.4 is 26.1 Å². The summed E-state index contributed by atoms with van der Waals surface area (Å²) in [6, 6.07) is 16.1. The van der Waals surface area contributed by atoms with Gasteiger partial charge in [-0.05, 0) is 48.4 Å². The van der Waals surface area contributed by atoms with Crippen LogP contribution in [0.4, 0.5) is 5.69 Å². The van der Waals surface area contributed by atoms with Gasteiger partial charge in [0.1, 0.15) is 18.1 Å². The third kappa shape index (κ3) is 3.50. The smallest absolute Gasteiger partial charge is 0.119 e. The molecule has 0 spiro atoms. The summed E-state index contributed by atoms with van der Waals surface area (Å²) in [6.45, 7) is 0.616. The lowest BCUT2D eigenvalue weighted by Crippen LogP contribution is -2.34. The maximum absolute atomic E-state index is 5.81. The first-order chi connectivity index (χ1) is 10.7. The number of methoxy groups -OCH3 is 1. The molecule has 1 heterocycles. The second-order valence-electron chi connectivity index (χ2n) is 5.43. The molecule has 2 atom stereocenters. The Morgan fingerprint density at radius 3 is 2.36 bits per heavy atom. The van der Waals surface area contributed by atoms with Crippen molar-refractivity contribution in [3.05, 3.63) is 54.1 Å². The molecule has 1 saturated heterocycles. The van der Waals surface area contributed by atoms with Gasteiger partial charge in [0.15, 0.2) is 0 Å². The second kappa shape index (κ2) is 6.68. The van der Waals surface area contributed by atoms with Gasteiger partial charge in [0.2, 0.25) is 0 Å². The summed E-state index contributed by atoms with van der Waals surface area (Å²) < 4.78 is 10.9. The van der Waals surface area contributed by atoms with E-state index in [1.807, 2.05) is 36.4 Å². The van der Waals surface area contributed by atoms with E-state index < -0.39 is 0 Å². The highest BCUT2D eigenvalue weighted by Gasteiger charge is 2.25. The molecule has 2 aromatic carbocycles. The summed E-state index contributed by atoms with van der Waals surface area (Å²) in [7, 11) is 1.65. The fourth-order valence-electron chi connectivity index (χ4n) is 2.55.